The van der Waals surface area contributed by atoms with Crippen molar-refractivity contribution in [2.75, 3.05) is 16.4 Å². The minimum absolute atomic E-state index is 0.0898. The van der Waals surface area contributed by atoms with Crippen molar-refractivity contribution in [1.82, 2.24) is 9.97 Å². The number of nitrogens with two attached hydrogens (primary N) is 1. The molecule has 0 spiro atoms. The van der Waals surface area contributed by atoms with Gasteiger partial charge in [0.15, 0.2) is 9.84 Å². The van der Waals surface area contributed by atoms with Crippen molar-refractivity contribution >= 4 is 38.2 Å². The van der Waals surface area contributed by atoms with Crippen molar-refractivity contribution in [3.8, 4) is 0 Å². The molecular weight excluding hydrogens is 550 g/mol. The zero-order valence-electron chi connectivity index (χ0n) is 21.9. The van der Waals surface area contributed by atoms with Crippen LogP contribution in [-0.2, 0) is 40.3 Å². The van der Waals surface area contributed by atoms with E-state index in [0.717, 1.165) is 41.1 Å². The summed E-state index contributed by atoms with van der Waals surface area (Å²) >= 11 is 0. The zero-order valence-corrected chi connectivity index (χ0v) is 22.8. The Morgan fingerprint density at radius 1 is 1.10 bits per heavy atom. The number of nitrogens with zero attached hydrogens (tertiary/aromatic N) is 3. The monoisotopic (exact) mass is 576 g/mol. The first kappa shape index (κ1) is 26.0. The minimum Gasteiger partial charge on any atom is -0.383 e. The fourth-order valence-electron chi connectivity index (χ4n) is 5.73. The van der Waals surface area contributed by atoms with Gasteiger partial charge in [0.2, 0.25) is 0 Å². The van der Waals surface area contributed by atoms with Gasteiger partial charge >= 0.3 is 0 Å². The largest absolute Gasteiger partial charge is 0.383 e. The third-order valence-corrected chi connectivity index (χ3v) is 9.88. The van der Waals surface area contributed by atoms with Crippen LogP contribution in [0.3, 0.4) is 0 Å². The molecule has 1 saturated carbocycles. The van der Waals surface area contributed by atoms with Crippen LogP contribution in [0.5, 0.6) is 0 Å². The van der Waals surface area contributed by atoms with Gasteiger partial charge in [0.05, 0.1) is 47.2 Å². The molecule has 8 nitrogen and oxygen atoms in total. The first-order valence-electron chi connectivity index (χ1n) is 13.4. The van der Waals surface area contributed by atoms with Crippen LogP contribution in [0.1, 0.15) is 63.5 Å². The molecule has 2 N–H and O–H groups in total. The third-order valence-electron chi connectivity index (χ3n) is 8.08. The fourth-order valence-corrected chi connectivity index (χ4v) is 7.51. The fraction of sp³-hybridized carbons (Fsp3) is 0.300. The first-order chi connectivity index (χ1) is 19.6. The standard InChI is InChI=1S/C30H26F2N4O4S/c31-30(32)10-11-41(38,39)27-23(30)2-1-3-26(27)36(29(37)19-7-9-24(34-13-19)18-5-6-18)14-17-4-8-20-21-15-40-16-22(21)28(33)35-25(20)12-17/h1-4,7-9,12-13,18H,5-6,10-11,14-16H2,(H2,33,35). The SMILES string of the molecule is Nc1nc2cc(CN(C(=O)c3ccc(C4CC4)nc3)c3cccc4c3S(=O)(=O)CCC4(F)F)ccc2c2c1COC2. The highest BCUT2D eigenvalue weighted by Gasteiger charge is 2.45. The quantitative estimate of drug-likeness (QED) is 0.346. The number of halogens is 2. The number of hydrogen-bond acceptors (Lipinski definition) is 7. The Kier molecular flexibility index (Phi) is 5.88. The summed E-state index contributed by atoms with van der Waals surface area (Å²) in [4.78, 5) is 23.7. The van der Waals surface area contributed by atoms with Crippen LogP contribution in [0.2, 0.25) is 0 Å². The Bertz CT molecular complexity index is 1840. The predicted octanol–water partition coefficient (Wildman–Crippen LogP) is 5.24. The molecule has 2 aromatic carbocycles. The summed E-state index contributed by atoms with van der Waals surface area (Å²) in [6.07, 6.45) is 2.75. The second-order valence-electron chi connectivity index (χ2n) is 10.9. The van der Waals surface area contributed by atoms with Crippen LogP contribution < -0.4 is 10.6 Å². The summed E-state index contributed by atoms with van der Waals surface area (Å²) in [6.45, 7) is 0.709. The van der Waals surface area contributed by atoms with Crippen LogP contribution in [0, 0.1) is 0 Å². The van der Waals surface area contributed by atoms with Gasteiger partial charge in [-0.15, -0.1) is 0 Å². The number of sulfone groups is 1. The lowest BCUT2D eigenvalue weighted by molar-refractivity contribution is -0.0126. The van der Waals surface area contributed by atoms with Crippen molar-refractivity contribution in [1.29, 1.82) is 0 Å². The molecule has 4 heterocycles. The molecular formula is C30H26F2N4O4S. The maximum Gasteiger partial charge on any atom is 0.275 e. The molecule has 0 saturated heterocycles. The number of alkyl halides is 2. The molecule has 3 aliphatic rings. The minimum atomic E-state index is -4.09. The van der Waals surface area contributed by atoms with E-state index in [9.17, 15) is 22.0 Å². The third kappa shape index (κ3) is 4.43. The number of benzene rings is 2. The van der Waals surface area contributed by atoms with E-state index in [1.807, 2.05) is 12.1 Å². The number of carbonyl (C=O) groups excluding carboxylic acids is 1. The zero-order chi connectivity index (χ0) is 28.5. The summed E-state index contributed by atoms with van der Waals surface area (Å²) in [5.41, 5.74) is 9.64. The maximum absolute atomic E-state index is 15.0. The number of anilines is 2. The molecule has 1 amide bonds. The lowest BCUT2D eigenvalue weighted by Gasteiger charge is -2.31. The van der Waals surface area contributed by atoms with E-state index >= 15 is 0 Å². The van der Waals surface area contributed by atoms with Crippen molar-refractivity contribution in [3.05, 3.63) is 88.2 Å². The highest BCUT2D eigenvalue weighted by Crippen LogP contribution is 2.46. The van der Waals surface area contributed by atoms with Gasteiger partial charge in [-0.3, -0.25) is 9.78 Å². The number of amides is 1. The maximum atomic E-state index is 15.0. The lowest BCUT2D eigenvalue weighted by Crippen LogP contribution is -2.35. The van der Waals surface area contributed by atoms with Gasteiger partial charge in [-0.05, 0) is 48.2 Å². The molecule has 0 atom stereocenters. The number of fused-ring (bicyclic) bond motifs is 4. The summed E-state index contributed by atoms with van der Waals surface area (Å²) in [6, 6.07) is 12.8. The van der Waals surface area contributed by atoms with Gasteiger partial charge in [-0.25, -0.2) is 22.2 Å². The molecule has 2 aromatic heterocycles. The molecule has 11 heteroatoms. The van der Waals surface area contributed by atoms with E-state index in [-0.39, 0.29) is 17.8 Å². The molecule has 0 unspecified atom stereocenters. The molecule has 41 heavy (non-hydrogen) atoms. The number of aromatic nitrogens is 2. The van der Waals surface area contributed by atoms with Crippen molar-refractivity contribution in [3.63, 3.8) is 0 Å². The summed E-state index contributed by atoms with van der Waals surface area (Å²) in [5, 5.41) is 0.868. The number of carbonyl (C=O) groups is 1. The number of hydrogen-bond donors (Lipinski definition) is 1. The van der Waals surface area contributed by atoms with Gasteiger partial charge in [-0.1, -0.05) is 24.3 Å². The van der Waals surface area contributed by atoms with Gasteiger partial charge in [0, 0.05) is 40.7 Å². The van der Waals surface area contributed by atoms with Gasteiger partial charge in [0.25, 0.3) is 11.8 Å². The number of pyridine rings is 2. The second-order valence-corrected chi connectivity index (χ2v) is 12.9. The molecule has 4 aromatic rings. The molecule has 210 valence electrons. The van der Waals surface area contributed by atoms with Crippen LogP contribution in [-0.4, -0.2) is 30.0 Å². The van der Waals surface area contributed by atoms with Crippen LogP contribution >= 0.6 is 0 Å². The van der Waals surface area contributed by atoms with Crippen molar-refractivity contribution in [2.45, 2.75) is 55.8 Å². The van der Waals surface area contributed by atoms with Gasteiger partial charge in [0.1, 0.15) is 5.82 Å². The summed E-state index contributed by atoms with van der Waals surface area (Å²) < 4.78 is 62.0. The Morgan fingerprint density at radius 2 is 1.90 bits per heavy atom. The van der Waals surface area contributed by atoms with Crippen LogP contribution in [0.15, 0.2) is 59.6 Å². The average Bonchev–Trinajstić information content (AvgIpc) is 3.69. The number of nitrogen functional groups attached to an aromatic ring is 1. The molecule has 1 aliphatic carbocycles. The Labute approximate surface area is 235 Å². The summed E-state index contributed by atoms with van der Waals surface area (Å²) in [7, 11) is -4.09. The normalized spacial score (nSPS) is 18.6. The highest BCUT2D eigenvalue weighted by atomic mass is 32.2. The molecule has 2 aliphatic heterocycles. The van der Waals surface area contributed by atoms with E-state index in [0.29, 0.717) is 36.0 Å². The molecule has 0 radical (unpaired) electrons. The van der Waals surface area contributed by atoms with E-state index in [1.54, 1.807) is 18.2 Å². The number of rotatable bonds is 5. The molecule has 1 fully saturated rings. The van der Waals surface area contributed by atoms with E-state index in [2.05, 4.69) is 9.97 Å². The smallest absolute Gasteiger partial charge is 0.275 e. The Balaban J connectivity index is 1.36. The first-order valence-corrected chi connectivity index (χ1v) is 15.1. The number of ether oxygens (including phenoxy) is 1. The topological polar surface area (TPSA) is 115 Å². The van der Waals surface area contributed by atoms with Crippen molar-refractivity contribution in [2.24, 2.45) is 0 Å². The van der Waals surface area contributed by atoms with Crippen LogP contribution in [0.4, 0.5) is 20.3 Å². The van der Waals surface area contributed by atoms with Gasteiger partial charge in [-0.2, -0.15) is 0 Å². The molecule has 7 rings (SSSR count). The van der Waals surface area contributed by atoms with Gasteiger partial charge < -0.3 is 15.4 Å². The van der Waals surface area contributed by atoms with E-state index in [4.69, 9.17) is 10.5 Å². The summed E-state index contributed by atoms with van der Waals surface area (Å²) in [5.74, 6) is -3.86. The highest BCUT2D eigenvalue weighted by molar-refractivity contribution is 7.91. The average molecular weight is 577 g/mol. The predicted molar refractivity (Wildman–Crippen MR) is 148 cm³/mol. The Hall–Kier alpha value is -3.96. The van der Waals surface area contributed by atoms with E-state index < -0.39 is 44.3 Å². The Morgan fingerprint density at radius 3 is 2.66 bits per heavy atom. The van der Waals surface area contributed by atoms with Crippen LogP contribution in [0.25, 0.3) is 10.9 Å². The molecule has 0 bridgehead atoms. The van der Waals surface area contributed by atoms with E-state index in [1.165, 1.54) is 23.2 Å². The second kappa shape index (κ2) is 9.28. The van der Waals surface area contributed by atoms with Crippen molar-refractivity contribution < 1.29 is 26.7 Å². The lowest BCUT2D eigenvalue weighted by atomic mass is 10.0.